The normalized spacial score (nSPS) is 22.2. The summed E-state index contributed by atoms with van der Waals surface area (Å²) in [5.74, 6) is -0.933. The minimum Gasteiger partial charge on any atom is -0.383 e. The van der Waals surface area contributed by atoms with E-state index in [1.165, 1.54) is 25.3 Å². The topological polar surface area (TPSA) is 67.9 Å². The number of alkyl halides is 3. The lowest BCUT2D eigenvalue weighted by molar-refractivity contribution is -0.173. The zero-order valence-corrected chi connectivity index (χ0v) is 14.1. The van der Waals surface area contributed by atoms with Crippen LogP contribution in [0.1, 0.15) is 12.0 Å². The first-order valence-electron chi connectivity index (χ1n) is 8.14. The molecule has 2 fully saturated rings. The van der Waals surface area contributed by atoms with E-state index < -0.39 is 29.1 Å². The quantitative estimate of drug-likeness (QED) is 0.853. The fraction of sp³-hybridized carbons (Fsp3) is 0.529. The van der Waals surface area contributed by atoms with Crippen LogP contribution < -0.4 is 10.2 Å². The largest absolute Gasteiger partial charge is 0.418 e. The number of para-hydroxylation sites is 1. The lowest BCUT2D eigenvalue weighted by Gasteiger charge is -2.39. The van der Waals surface area contributed by atoms with Crippen LogP contribution in [-0.2, 0) is 25.2 Å². The average Bonchev–Trinajstić information content (AvgIpc) is 2.91. The van der Waals surface area contributed by atoms with Crippen LogP contribution in [0.4, 0.5) is 18.9 Å². The van der Waals surface area contributed by atoms with E-state index in [4.69, 9.17) is 9.47 Å². The minimum absolute atomic E-state index is 0.102. The molecule has 2 aliphatic heterocycles. The first-order valence-corrected chi connectivity index (χ1v) is 8.14. The van der Waals surface area contributed by atoms with Gasteiger partial charge in [0.25, 0.3) is 0 Å². The number of nitrogens with zero attached hydrogens (tertiary/aromatic N) is 1. The Kier molecular flexibility index (Phi) is 4.94. The molecule has 0 saturated carbocycles. The van der Waals surface area contributed by atoms with Crippen molar-refractivity contribution in [2.24, 2.45) is 5.41 Å². The summed E-state index contributed by atoms with van der Waals surface area (Å²) in [7, 11) is 1.46. The highest BCUT2D eigenvalue weighted by atomic mass is 19.4. The number of hydrogen-bond donors (Lipinski definition) is 1. The summed E-state index contributed by atoms with van der Waals surface area (Å²) < 4.78 is 49.7. The molecule has 2 amide bonds. The van der Waals surface area contributed by atoms with Gasteiger partial charge in [0, 0.05) is 13.7 Å². The highest BCUT2D eigenvalue weighted by Gasteiger charge is 2.48. The Morgan fingerprint density at radius 3 is 2.65 bits per heavy atom. The SMILES string of the molecule is COCC1(C(=O)NC2CCN(c3ccccc3C(F)(F)F)C2=O)COC1. The summed E-state index contributed by atoms with van der Waals surface area (Å²) in [4.78, 5) is 26.2. The van der Waals surface area contributed by atoms with Gasteiger partial charge in [0.15, 0.2) is 0 Å². The van der Waals surface area contributed by atoms with E-state index in [0.29, 0.717) is 0 Å². The monoisotopic (exact) mass is 372 g/mol. The van der Waals surface area contributed by atoms with E-state index in [1.54, 1.807) is 0 Å². The summed E-state index contributed by atoms with van der Waals surface area (Å²) in [6.45, 7) is 0.632. The number of halogens is 3. The summed E-state index contributed by atoms with van der Waals surface area (Å²) in [6.07, 6.45) is -4.33. The van der Waals surface area contributed by atoms with Crippen LogP contribution in [0.2, 0.25) is 0 Å². The van der Waals surface area contributed by atoms with Crippen LogP contribution in [-0.4, -0.2) is 51.3 Å². The number of carbonyl (C=O) groups excluding carboxylic acids is 2. The van der Waals surface area contributed by atoms with E-state index in [-0.39, 0.29) is 44.4 Å². The van der Waals surface area contributed by atoms with Gasteiger partial charge >= 0.3 is 6.18 Å². The summed E-state index contributed by atoms with van der Waals surface area (Å²) in [6, 6.07) is 4.06. The molecule has 1 atom stereocenters. The smallest absolute Gasteiger partial charge is 0.383 e. The summed E-state index contributed by atoms with van der Waals surface area (Å²) >= 11 is 0. The predicted molar refractivity (Wildman–Crippen MR) is 85.5 cm³/mol. The molecule has 142 valence electrons. The summed E-state index contributed by atoms with van der Waals surface area (Å²) in [5, 5.41) is 2.64. The zero-order chi connectivity index (χ0) is 18.9. The first kappa shape index (κ1) is 18.7. The van der Waals surface area contributed by atoms with Gasteiger partial charge < -0.3 is 19.7 Å². The van der Waals surface area contributed by atoms with Gasteiger partial charge in [-0.15, -0.1) is 0 Å². The molecule has 0 spiro atoms. The molecule has 9 heteroatoms. The van der Waals surface area contributed by atoms with Crippen molar-refractivity contribution >= 4 is 17.5 Å². The number of rotatable bonds is 5. The number of benzene rings is 1. The second-order valence-electron chi connectivity index (χ2n) is 6.53. The number of nitrogens with one attached hydrogen (secondary N) is 1. The maximum atomic E-state index is 13.2. The molecule has 1 N–H and O–H groups in total. The molecule has 1 aromatic rings. The van der Waals surface area contributed by atoms with Gasteiger partial charge in [-0.3, -0.25) is 9.59 Å². The third kappa shape index (κ3) is 3.28. The Hall–Kier alpha value is -2.13. The Balaban J connectivity index is 1.74. The van der Waals surface area contributed by atoms with Gasteiger partial charge in [0.2, 0.25) is 11.8 Å². The zero-order valence-electron chi connectivity index (χ0n) is 14.1. The van der Waals surface area contributed by atoms with E-state index in [9.17, 15) is 22.8 Å². The first-order chi connectivity index (χ1) is 12.3. The van der Waals surface area contributed by atoms with E-state index in [0.717, 1.165) is 11.0 Å². The van der Waals surface area contributed by atoms with E-state index in [1.807, 2.05) is 0 Å². The van der Waals surface area contributed by atoms with Crippen molar-refractivity contribution in [2.75, 3.05) is 38.4 Å². The molecule has 2 aliphatic rings. The Bertz CT molecular complexity index is 703. The molecule has 3 rings (SSSR count). The number of anilines is 1. The molecule has 26 heavy (non-hydrogen) atoms. The predicted octanol–water partition coefficient (Wildman–Crippen LogP) is 1.59. The number of amides is 2. The van der Waals surface area contributed by atoms with Crippen LogP contribution in [0, 0.1) is 5.41 Å². The Labute approximate surface area is 148 Å². The van der Waals surface area contributed by atoms with Crippen molar-refractivity contribution in [3.05, 3.63) is 29.8 Å². The van der Waals surface area contributed by atoms with Gasteiger partial charge in [-0.1, -0.05) is 12.1 Å². The highest BCUT2D eigenvalue weighted by molar-refractivity contribution is 6.02. The van der Waals surface area contributed by atoms with Crippen LogP contribution in [0.15, 0.2) is 24.3 Å². The third-order valence-corrected chi connectivity index (χ3v) is 4.67. The van der Waals surface area contributed by atoms with Gasteiger partial charge in [-0.2, -0.15) is 13.2 Å². The molecule has 1 unspecified atom stereocenters. The van der Waals surface area contributed by atoms with Crippen molar-refractivity contribution in [3.63, 3.8) is 0 Å². The third-order valence-electron chi connectivity index (χ3n) is 4.67. The fourth-order valence-corrected chi connectivity index (χ4v) is 3.22. The molecular formula is C17H19F3N2O4. The Morgan fingerprint density at radius 1 is 1.38 bits per heavy atom. The second-order valence-corrected chi connectivity index (χ2v) is 6.53. The number of methoxy groups -OCH3 is 1. The van der Waals surface area contributed by atoms with Crippen molar-refractivity contribution in [3.8, 4) is 0 Å². The highest BCUT2D eigenvalue weighted by Crippen LogP contribution is 2.38. The summed E-state index contributed by atoms with van der Waals surface area (Å²) in [5.41, 5.74) is -1.91. The maximum absolute atomic E-state index is 13.2. The number of carbonyl (C=O) groups is 2. The van der Waals surface area contributed by atoms with Crippen LogP contribution in [0.3, 0.4) is 0 Å². The van der Waals surface area contributed by atoms with Crippen LogP contribution in [0.5, 0.6) is 0 Å². The van der Waals surface area contributed by atoms with Gasteiger partial charge in [0.05, 0.1) is 31.1 Å². The molecule has 2 saturated heterocycles. The van der Waals surface area contributed by atoms with Crippen LogP contribution in [0.25, 0.3) is 0 Å². The van der Waals surface area contributed by atoms with Gasteiger partial charge in [0.1, 0.15) is 11.5 Å². The molecule has 2 heterocycles. The molecule has 6 nitrogen and oxygen atoms in total. The number of ether oxygens (including phenoxy) is 2. The Morgan fingerprint density at radius 2 is 2.08 bits per heavy atom. The lowest BCUT2D eigenvalue weighted by atomic mass is 9.85. The molecule has 0 aromatic heterocycles. The van der Waals surface area contributed by atoms with Crippen molar-refractivity contribution in [2.45, 2.75) is 18.6 Å². The average molecular weight is 372 g/mol. The van der Waals surface area contributed by atoms with Gasteiger partial charge in [-0.05, 0) is 18.6 Å². The van der Waals surface area contributed by atoms with E-state index >= 15 is 0 Å². The minimum atomic E-state index is -4.57. The lowest BCUT2D eigenvalue weighted by Crippen LogP contribution is -2.59. The van der Waals surface area contributed by atoms with Crippen molar-refractivity contribution in [1.29, 1.82) is 0 Å². The molecule has 1 aromatic carbocycles. The fourth-order valence-electron chi connectivity index (χ4n) is 3.22. The maximum Gasteiger partial charge on any atom is 0.418 e. The van der Waals surface area contributed by atoms with E-state index in [2.05, 4.69) is 5.32 Å². The molecule has 0 radical (unpaired) electrons. The standard InChI is InChI=1S/C17H19F3N2O4/c1-25-8-16(9-26-10-16)15(24)21-12-6-7-22(14(12)23)13-5-3-2-4-11(13)17(18,19)20/h2-5,12H,6-10H2,1H3,(H,21,24). The molecular weight excluding hydrogens is 353 g/mol. The number of hydrogen-bond acceptors (Lipinski definition) is 4. The second kappa shape index (κ2) is 6.88. The molecule has 0 bridgehead atoms. The van der Waals surface area contributed by atoms with Crippen molar-refractivity contribution < 1.29 is 32.2 Å². The molecule has 0 aliphatic carbocycles. The van der Waals surface area contributed by atoms with Crippen molar-refractivity contribution in [1.82, 2.24) is 5.32 Å². The van der Waals surface area contributed by atoms with Crippen LogP contribution >= 0.6 is 0 Å². The van der Waals surface area contributed by atoms with Gasteiger partial charge in [-0.25, -0.2) is 0 Å².